The third-order valence-corrected chi connectivity index (χ3v) is 2.61. The van der Waals surface area contributed by atoms with Gasteiger partial charge in [0, 0.05) is 10.2 Å². The van der Waals surface area contributed by atoms with Gasteiger partial charge in [-0.05, 0) is 24.6 Å². The van der Waals surface area contributed by atoms with Crippen LogP contribution in [-0.2, 0) is 6.18 Å². The van der Waals surface area contributed by atoms with Gasteiger partial charge in [-0.15, -0.1) is 0 Å². The van der Waals surface area contributed by atoms with Crippen molar-refractivity contribution in [1.82, 2.24) is 0 Å². The molecule has 0 bridgehead atoms. The second kappa shape index (κ2) is 4.26. The van der Waals surface area contributed by atoms with Crippen molar-refractivity contribution < 1.29 is 13.2 Å². The van der Waals surface area contributed by atoms with Gasteiger partial charge in [-0.25, -0.2) is 0 Å². The van der Waals surface area contributed by atoms with Crippen LogP contribution in [0.25, 0.3) is 5.70 Å². The SMILES string of the molecule is C/C=C(\N)c1ccc(Br)c(C(F)(F)F)c1. The fourth-order valence-electron chi connectivity index (χ4n) is 1.09. The molecule has 82 valence electrons. The molecule has 2 N–H and O–H groups in total. The van der Waals surface area contributed by atoms with Crippen LogP contribution in [0.2, 0.25) is 0 Å². The fourth-order valence-corrected chi connectivity index (χ4v) is 1.56. The van der Waals surface area contributed by atoms with E-state index in [1.165, 1.54) is 12.1 Å². The van der Waals surface area contributed by atoms with E-state index >= 15 is 0 Å². The zero-order valence-corrected chi connectivity index (χ0v) is 9.48. The fraction of sp³-hybridized carbons (Fsp3) is 0.200. The van der Waals surface area contributed by atoms with Gasteiger partial charge < -0.3 is 5.73 Å². The van der Waals surface area contributed by atoms with Crippen molar-refractivity contribution in [3.8, 4) is 0 Å². The third-order valence-electron chi connectivity index (χ3n) is 1.92. The Morgan fingerprint density at radius 1 is 1.40 bits per heavy atom. The van der Waals surface area contributed by atoms with E-state index in [9.17, 15) is 13.2 Å². The Morgan fingerprint density at radius 2 is 2.00 bits per heavy atom. The lowest BCUT2D eigenvalue weighted by Gasteiger charge is -2.11. The summed E-state index contributed by atoms with van der Waals surface area (Å²) < 4.78 is 37.5. The van der Waals surface area contributed by atoms with Gasteiger partial charge in [-0.2, -0.15) is 13.2 Å². The highest BCUT2D eigenvalue weighted by Gasteiger charge is 2.33. The van der Waals surface area contributed by atoms with Crippen LogP contribution in [0.1, 0.15) is 18.1 Å². The van der Waals surface area contributed by atoms with E-state index in [4.69, 9.17) is 5.73 Å². The summed E-state index contributed by atoms with van der Waals surface area (Å²) in [5, 5.41) is 0. The maximum absolute atomic E-state index is 12.5. The van der Waals surface area contributed by atoms with Gasteiger partial charge in [-0.1, -0.05) is 28.1 Å². The number of nitrogens with two attached hydrogens (primary N) is 1. The van der Waals surface area contributed by atoms with Crippen molar-refractivity contribution in [1.29, 1.82) is 0 Å². The Balaban J connectivity index is 3.29. The molecule has 0 saturated carbocycles. The average molecular weight is 280 g/mol. The van der Waals surface area contributed by atoms with E-state index in [0.717, 1.165) is 6.07 Å². The first-order chi connectivity index (χ1) is 6.86. The predicted octanol–water partition coefficient (Wildman–Crippen LogP) is 3.79. The molecule has 0 radical (unpaired) electrons. The standard InChI is InChI=1S/C10H9BrF3N/c1-2-9(15)6-3-4-8(11)7(5-6)10(12,13)14/h2-5H,15H2,1H3/b9-2-. The Hall–Kier alpha value is -0.970. The molecule has 0 amide bonds. The van der Waals surface area contributed by atoms with E-state index in [2.05, 4.69) is 15.9 Å². The molecule has 5 heteroatoms. The minimum atomic E-state index is -4.37. The van der Waals surface area contributed by atoms with Crippen LogP contribution in [0.5, 0.6) is 0 Å². The molecule has 0 aromatic heterocycles. The highest BCUT2D eigenvalue weighted by Crippen LogP contribution is 2.35. The second-order valence-corrected chi connectivity index (χ2v) is 3.79. The van der Waals surface area contributed by atoms with Crippen LogP contribution in [0.4, 0.5) is 13.2 Å². The number of hydrogen-bond donors (Lipinski definition) is 1. The first-order valence-electron chi connectivity index (χ1n) is 4.15. The number of benzene rings is 1. The Bertz CT molecular complexity index is 396. The first kappa shape index (κ1) is 12.1. The van der Waals surface area contributed by atoms with Gasteiger partial charge in [-0.3, -0.25) is 0 Å². The van der Waals surface area contributed by atoms with Crippen LogP contribution in [0.15, 0.2) is 28.7 Å². The molecule has 1 aromatic rings. The molecule has 0 heterocycles. The van der Waals surface area contributed by atoms with E-state index in [0.29, 0.717) is 11.3 Å². The number of allylic oxidation sites excluding steroid dienone is 1. The molecule has 0 fully saturated rings. The Labute approximate surface area is 93.9 Å². The van der Waals surface area contributed by atoms with Crippen LogP contribution in [0, 0.1) is 0 Å². The summed E-state index contributed by atoms with van der Waals surface area (Å²) in [6.45, 7) is 1.67. The Kier molecular flexibility index (Phi) is 3.44. The lowest BCUT2D eigenvalue weighted by molar-refractivity contribution is -0.138. The normalized spacial score (nSPS) is 13.0. The Morgan fingerprint density at radius 3 is 2.47 bits per heavy atom. The van der Waals surface area contributed by atoms with Crippen LogP contribution in [0.3, 0.4) is 0 Å². The monoisotopic (exact) mass is 279 g/mol. The molecule has 1 aromatic carbocycles. The maximum Gasteiger partial charge on any atom is 0.417 e. The van der Waals surface area contributed by atoms with Gasteiger partial charge >= 0.3 is 6.18 Å². The summed E-state index contributed by atoms with van der Waals surface area (Å²) in [5.74, 6) is 0. The largest absolute Gasteiger partial charge is 0.417 e. The van der Waals surface area contributed by atoms with Gasteiger partial charge in [0.2, 0.25) is 0 Å². The molecule has 1 rings (SSSR count). The van der Waals surface area contributed by atoms with E-state index in [-0.39, 0.29) is 4.47 Å². The molecule has 0 aliphatic carbocycles. The van der Waals surface area contributed by atoms with Gasteiger partial charge in [0.25, 0.3) is 0 Å². The summed E-state index contributed by atoms with van der Waals surface area (Å²) in [7, 11) is 0. The van der Waals surface area contributed by atoms with Gasteiger partial charge in [0.05, 0.1) is 5.56 Å². The zero-order valence-electron chi connectivity index (χ0n) is 7.90. The molecule has 0 unspecified atom stereocenters. The zero-order chi connectivity index (χ0) is 11.6. The molecule has 0 atom stereocenters. The summed E-state index contributed by atoms with van der Waals surface area (Å²) in [6.07, 6.45) is -2.81. The lowest BCUT2D eigenvalue weighted by Crippen LogP contribution is -2.07. The second-order valence-electron chi connectivity index (χ2n) is 2.94. The minimum Gasteiger partial charge on any atom is -0.399 e. The van der Waals surface area contributed by atoms with Crippen LogP contribution < -0.4 is 5.73 Å². The quantitative estimate of drug-likeness (QED) is 0.832. The molecule has 1 nitrogen and oxygen atoms in total. The average Bonchev–Trinajstić information content (AvgIpc) is 2.15. The van der Waals surface area contributed by atoms with Crippen molar-refractivity contribution in [2.24, 2.45) is 5.73 Å². The van der Waals surface area contributed by atoms with E-state index in [1.54, 1.807) is 13.0 Å². The topological polar surface area (TPSA) is 26.0 Å². The van der Waals surface area contributed by atoms with Gasteiger partial charge in [0.1, 0.15) is 0 Å². The maximum atomic E-state index is 12.5. The molecule has 0 spiro atoms. The number of halogens is 4. The summed E-state index contributed by atoms with van der Waals surface area (Å²) in [5.41, 5.74) is 5.51. The highest BCUT2D eigenvalue weighted by atomic mass is 79.9. The number of alkyl halides is 3. The molecule has 15 heavy (non-hydrogen) atoms. The van der Waals surface area contributed by atoms with Gasteiger partial charge in [0.15, 0.2) is 0 Å². The van der Waals surface area contributed by atoms with Crippen molar-refractivity contribution in [2.45, 2.75) is 13.1 Å². The van der Waals surface area contributed by atoms with E-state index < -0.39 is 11.7 Å². The molecule has 0 saturated heterocycles. The molecular formula is C10H9BrF3N. The first-order valence-corrected chi connectivity index (χ1v) is 4.94. The van der Waals surface area contributed by atoms with E-state index in [1.807, 2.05) is 0 Å². The lowest BCUT2D eigenvalue weighted by atomic mass is 10.1. The number of rotatable bonds is 1. The van der Waals surface area contributed by atoms with Crippen LogP contribution >= 0.6 is 15.9 Å². The van der Waals surface area contributed by atoms with Crippen molar-refractivity contribution >= 4 is 21.6 Å². The van der Waals surface area contributed by atoms with Crippen molar-refractivity contribution in [2.75, 3.05) is 0 Å². The van der Waals surface area contributed by atoms with Crippen molar-refractivity contribution in [3.05, 3.63) is 39.9 Å². The summed E-state index contributed by atoms with van der Waals surface area (Å²) >= 11 is 2.86. The summed E-state index contributed by atoms with van der Waals surface area (Å²) in [4.78, 5) is 0. The molecular weight excluding hydrogens is 271 g/mol. The predicted molar refractivity (Wildman–Crippen MR) is 57.0 cm³/mol. The van der Waals surface area contributed by atoms with Crippen molar-refractivity contribution in [3.63, 3.8) is 0 Å². The minimum absolute atomic E-state index is 0.0163. The number of hydrogen-bond acceptors (Lipinski definition) is 1. The van der Waals surface area contributed by atoms with Crippen LogP contribution in [-0.4, -0.2) is 0 Å². The third kappa shape index (κ3) is 2.75. The molecule has 0 aliphatic heterocycles. The highest BCUT2D eigenvalue weighted by molar-refractivity contribution is 9.10. The smallest absolute Gasteiger partial charge is 0.399 e. The molecule has 0 aliphatic rings. The summed E-state index contributed by atoms with van der Waals surface area (Å²) in [6, 6.07) is 3.91.